The summed E-state index contributed by atoms with van der Waals surface area (Å²) in [5.41, 5.74) is 2.07. The van der Waals surface area contributed by atoms with Crippen LogP contribution < -0.4 is 9.62 Å². The molecule has 1 N–H and O–H groups in total. The molecular weight excluding hydrogens is 462 g/mol. The van der Waals surface area contributed by atoms with Crippen LogP contribution in [0.5, 0.6) is 0 Å². The van der Waals surface area contributed by atoms with Crippen molar-refractivity contribution in [3.8, 4) is 0 Å². The zero-order valence-electron chi connectivity index (χ0n) is 19.7. The number of sulfonamides is 1. The second kappa shape index (κ2) is 11.5. The Labute approximate surface area is 201 Å². The Morgan fingerprint density at radius 2 is 1.76 bits per heavy atom. The fourth-order valence-corrected chi connectivity index (χ4v) is 4.45. The summed E-state index contributed by atoms with van der Waals surface area (Å²) in [5.74, 6) is -0.803. The second-order valence-corrected chi connectivity index (χ2v) is 10.5. The number of aryl methyl sites for hydroxylation is 1. The molecular formula is C24H32ClN3O4S. The van der Waals surface area contributed by atoms with Crippen LogP contribution >= 0.6 is 11.6 Å². The second-order valence-electron chi connectivity index (χ2n) is 8.23. The van der Waals surface area contributed by atoms with Crippen molar-refractivity contribution in [2.45, 2.75) is 52.7 Å². The number of para-hydroxylation sites is 1. The molecule has 7 nitrogen and oxygen atoms in total. The molecule has 0 heterocycles. The first-order valence-corrected chi connectivity index (χ1v) is 13.0. The summed E-state index contributed by atoms with van der Waals surface area (Å²) in [6.07, 6.45) is 1.77. The van der Waals surface area contributed by atoms with Gasteiger partial charge in [-0.3, -0.25) is 13.9 Å². The van der Waals surface area contributed by atoms with E-state index in [4.69, 9.17) is 11.6 Å². The maximum atomic E-state index is 13.5. The summed E-state index contributed by atoms with van der Waals surface area (Å²) in [6, 6.07) is 13.2. The van der Waals surface area contributed by atoms with Gasteiger partial charge in [0.15, 0.2) is 0 Å². The number of rotatable bonds is 10. The van der Waals surface area contributed by atoms with Gasteiger partial charge in [0, 0.05) is 12.6 Å². The van der Waals surface area contributed by atoms with Crippen molar-refractivity contribution in [3.05, 3.63) is 64.7 Å². The van der Waals surface area contributed by atoms with Crippen LogP contribution in [0.25, 0.3) is 0 Å². The van der Waals surface area contributed by atoms with E-state index in [-0.39, 0.29) is 29.2 Å². The van der Waals surface area contributed by atoms with E-state index in [0.717, 1.165) is 28.1 Å². The average molecular weight is 494 g/mol. The Hall–Kier alpha value is -2.58. The van der Waals surface area contributed by atoms with E-state index in [1.165, 1.54) is 4.90 Å². The van der Waals surface area contributed by atoms with Crippen LogP contribution in [-0.4, -0.2) is 50.0 Å². The van der Waals surface area contributed by atoms with Crippen molar-refractivity contribution in [2.24, 2.45) is 0 Å². The minimum atomic E-state index is -3.82. The van der Waals surface area contributed by atoms with Gasteiger partial charge in [0.2, 0.25) is 21.8 Å². The number of halogens is 1. The molecule has 2 aromatic carbocycles. The Balaban J connectivity index is 2.40. The van der Waals surface area contributed by atoms with E-state index in [0.29, 0.717) is 0 Å². The minimum Gasteiger partial charge on any atom is -0.352 e. The molecule has 33 heavy (non-hydrogen) atoms. The van der Waals surface area contributed by atoms with Crippen molar-refractivity contribution >= 4 is 39.1 Å². The number of amides is 2. The molecule has 0 saturated carbocycles. The topological polar surface area (TPSA) is 86.8 Å². The number of nitrogens with zero attached hydrogens (tertiary/aromatic N) is 2. The molecule has 0 aliphatic carbocycles. The summed E-state index contributed by atoms with van der Waals surface area (Å²) in [5, 5.41) is 3.11. The highest BCUT2D eigenvalue weighted by Crippen LogP contribution is 2.27. The van der Waals surface area contributed by atoms with Crippen molar-refractivity contribution < 1.29 is 18.0 Å². The molecule has 0 saturated heterocycles. The van der Waals surface area contributed by atoms with E-state index < -0.39 is 28.5 Å². The van der Waals surface area contributed by atoms with Crippen LogP contribution in [0.4, 0.5) is 5.69 Å². The highest BCUT2D eigenvalue weighted by atomic mass is 35.5. The average Bonchev–Trinajstić information content (AvgIpc) is 2.75. The zero-order valence-corrected chi connectivity index (χ0v) is 21.3. The monoisotopic (exact) mass is 493 g/mol. The fourth-order valence-electron chi connectivity index (χ4n) is 3.30. The lowest BCUT2D eigenvalue weighted by molar-refractivity contribution is -0.139. The molecule has 0 fully saturated rings. The van der Waals surface area contributed by atoms with Crippen LogP contribution in [0.2, 0.25) is 5.02 Å². The highest BCUT2D eigenvalue weighted by Gasteiger charge is 2.31. The van der Waals surface area contributed by atoms with Gasteiger partial charge >= 0.3 is 0 Å². The van der Waals surface area contributed by atoms with Crippen LogP contribution in [0.3, 0.4) is 0 Å². The van der Waals surface area contributed by atoms with Gasteiger partial charge in [-0.25, -0.2) is 8.42 Å². The van der Waals surface area contributed by atoms with Crippen molar-refractivity contribution in [1.82, 2.24) is 10.2 Å². The normalized spacial score (nSPS) is 13.2. The molecule has 0 aliphatic rings. The van der Waals surface area contributed by atoms with Gasteiger partial charge in [0.05, 0.1) is 17.0 Å². The smallest absolute Gasteiger partial charge is 0.244 e. The van der Waals surface area contributed by atoms with Crippen molar-refractivity contribution in [3.63, 3.8) is 0 Å². The number of hydrogen-bond donors (Lipinski definition) is 1. The SMILES string of the molecule is CC[C@@H](C)NC(=O)[C@@H](C)N(Cc1cccc(C)c1)C(=O)CN(c1ccccc1Cl)S(C)(=O)=O. The summed E-state index contributed by atoms with van der Waals surface area (Å²) in [6.45, 7) is 7.12. The van der Waals surface area contributed by atoms with Crippen LogP contribution in [-0.2, 0) is 26.2 Å². The van der Waals surface area contributed by atoms with E-state index in [2.05, 4.69) is 5.32 Å². The quantitative estimate of drug-likeness (QED) is 0.546. The summed E-state index contributed by atoms with van der Waals surface area (Å²) < 4.78 is 26.1. The summed E-state index contributed by atoms with van der Waals surface area (Å²) in [4.78, 5) is 27.7. The third kappa shape index (κ3) is 7.47. The third-order valence-corrected chi connectivity index (χ3v) is 6.85. The van der Waals surface area contributed by atoms with Crippen LogP contribution in [0.1, 0.15) is 38.3 Å². The minimum absolute atomic E-state index is 0.0495. The van der Waals surface area contributed by atoms with Crippen LogP contribution in [0.15, 0.2) is 48.5 Å². The molecule has 0 spiro atoms. The standard InChI is InChI=1S/C24H32ClN3O4S/c1-6-18(3)26-24(30)19(4)27(15-20-11-9-10-17(2)14-20)23(29)16-28(33(5,31)32)22-13-8-7-12-21(22)25/h7-14,18-19H,6,15-16H2,1-5H3,(H,26,30)/t18-,19-/m1/s1. The van der Waals surface area contributed by atoms with E-state index in [1.54, 1.807) is 31.2 Å². The lowest BCUT2D eigenvalue weighted by Crippen LogP contribution is -2.52. The van der Waals surface area contributed by atoms with E-state index >= 15 is 0 Å². The van der Waals surface area contributed by atoms with Crippen LogP contribution in [0, 0.1) is 6.92 Å². The summed E-state index contributed by atoms with van der Waals surface area (Å²) >= 11 is 6.23. The van der Waals surface area contributed by atoms with E-state index in [9.17, 15) is 18.0 Å². The number of nitrogens with one attached hydrogen (secondary N) is 1. The van der Waals surface area contributed by atoms with Gasteiger partial charge in [0.1, 0.15) is 12.6 Å². The molecule has 2 atom stereocenters. The Morgan fingerprint density at radius 1 is 1.09 bits per heavy atom. The molecule has 2 rings (SSSR count). The molecule has 0 aromatic heterocycles. The highest BCUT2D eigenvalue weighted by molar-refractivity contribution is 7.92. The molecule has 0 bridgehead atoms. The van der Waals surface area contributed by atoms with Gasteiger partial charge in [-0.05, 0) is 44.9 Å². The zero-order chi connectivity index (χ0) is 24.8. The first kappa shape index (κ1) is 26.7. The lowest BCUT2D eigenvalue weighted by atomic mass is 10.1. The largest absolute Gasteiger partial charge is 0.352 e. The third-order valence-electron chi connectivity index (χ3n) is 5.40. The Kier molecular flexibility index (Phi) is 9.31. The van der Waals surface area contributed by atoms with Gasteiger partial charge in [-0.15, -0.1) is 0 Å². The maximum Gasteiger partial charge on any atom is 0.244 e. The number of hydrogen-bond acceptors (Lipinski definition) is 4. The number of benzene rings is 2. The van der Waals surface area contributed by atoms with Crippen molar-refractivity contribution in [1.29, 1.82) is 0 Å². The molecule has 2 amide bonds. The molecule has 180 valence electrons. The molecule has 0 unspecified atom stereocenters. The number of anilines is 1. The lowest BCUT2D eigenvalue weighted by Gasteiger charge is -2.32. The Bertz CT molecular complexity index is 1090. The number of carbonyl (C=O) groups excluding carboxylic acids is 2. The van der Waals surface area contributed by atoms with Gasteiger partial charge < -0.3 is 10.2 Å². The summed E-state index contributed by atoms with van der Waals surface area (Å²) in [7, 11) is -3.82. The van der Waals surface area contributed by atoms with E-state index in [1.807, 2.05) is 45.0 Å². The first-order valence-electron chi connectivity index (χ1n) is 10.8. The molecule has 0 aliphatic heterocycles. The first-order chi connectivity index (χ1) is 15.4. The van der Waals surface area contributed by atoms with Gasteiger partial charge in [-0.1, -0.05) is 60.5 Å². The predicted molar refractivity (Wildman–Crippen MR) is 133 cm³/mol. The van der Waals surface area contributed by atoms with Gasteiger partial charge in [-0.2, -0.15) is 0 Å². The predicted octanol–water partition coefficient (Wildman–Crippen LogP) is 3.75. The molecule has 2 aromatic rings. The molecule has 0 radical (unpaired) electrons. The van der Waals surface area contributed by atoms with Crippen molar-refractivity contribution in [2.75, 3.05) is 17.1 Å². The fraction of sp³-hybridized carbons (Fsp3) is 0.417. The molecule has 9 heteroatoms. The van der Waals surface area contributed by atoms with Gasteiger partial charge in [0.25, 0.3) is 0 Å². The number of carbonyl (C=O) groups is 2. The maximum absolute atomic E-state index is 13.5. The Morgan fingerprint density at radius 3 is 2.33 bits per heavy atom.